The van der Waals surface area contributed by atoms with Crippen LogP contribution in [0.3, 0.4) is 0 Å². The third-order valence-electron chi connectivity index (χ3n) is 5.71. The second-order valence-electron chi connectivity index (χ2n) is 10.9. The van der Waals surface area contributed by atoms with Crippen molar-refractivity contribution in [3.05, 3.63) is 72.9 Å². The monoisotopic (exact) mass is 590 g/mol. The number of aliphatic hydroxyl groups excluding tert-OH is 1. The number of aliphatic carboxylic acids is 1. The predicted molar refractivity (Wildman–Crippen MR) is 170 cm³/mol. The standard InChI is InChI=1S/C34H55NO7/c1-5-6-7-8-9-10-11-12-13-14-15-16-17-18-19-20-21-22-23-24-25-26-32(37)41-29-31(36)30-42-34(33(38)39)40-28-27-35(2,3)4/h6-7,9-10,12-13,15-16,18-19,21-22,31,34,36H,5,8,11,14,17,20,23-30H2,1-4H3/p+1/b7-6-,10-9-,13-12-,16-15-,19-18-,22-21-. The third kappa shape index (κ3) is 28.7. The Morgan fingerprint density at radius 2 is 1.21 bits per heavy atom. The van der Waals surface area contributed by atoms with Crippen LogP contribution < -0.4 is 0 Å². The molecule has 238 valence electrons. The van der Waals surface area contributed by atoms with Crippen molar-refractivity contribution in [2.24, 2.45) is 0 Å². The normalized spacial score (nSPS) is 14.4. The molecule has 0 aromatic heterocycles. The van der Waals surface area contributed by atoms with Crippen molar-refractivity contribution in [1.29, 1.82) is 0 Å². The Kier molecular flexibility index (Phi) is 25.3. The smallest absolute Gasteiger partial charge is 0.361 e. The van der Waals surface area contributed by atoms with E-state index >= 15 is 0 Å². The molecule has 2 N–H and O–H groups in total. The Balaban J connectivity index is 3.79. The van der Waals surface area contributed by atoms with E-state index in [0.29, 0.717) is 17.4 Å². The summed E-state index contributed by atoms with van der Waals surface area (Å²) in [6.45, 7) is 2.39. The molecule has 0 saturated carbocycles. The Morgan fingerprint density at radius 3 is 1.69 bits per heavy atom. The highest BCUT2D eigenvalue weighted by Gasteiger charge is 2.22. The fourth-order valence-electron chi connectivity index (χ4n) is 3.30. The van der Waals surface area contributed by atoms with Gasteiger partial charge in [-0.15, -0.1) is 0 Å². The molecular weight excluding hydrogens is 534 g/mol. The highest BCUT2D eigenvalue weighted by atomic mass is 16.7. The highest BCUT2D eigenvalue weighted by molar-refractivity contribution is 5.70. The zero-order valence-electron chi connectivity index (χ0n) is 26.4. The van der Waals surface area contributed by atoms with Crippen LogP contribution in [0, 0.1) is 0 Å². The lowest BCUT2D eigenvalue weighted by Crippen LogP contribution is -2.40. The van der Waals surface area contributed by atoms with Crippen molar-refractivity contribution in [2.75, 3.05) is 47.5 Å². The molecule has 0 aliphatic heterocycles. The predicted octanol–water partition coefficient (Wildman–Crippen LogP) is 6.30. The number of esters is 1. The van der Waals surface area contributed by atoms with Gasteiger partial charge < -0.3 is 28.9 Å². The van der Waals surface area contributed by atoms with Gasteiger partial charge in [0.2, 0.25) is 0 Å². The molecule has 8 heteroatoms. The van der Waals surface area contributed by atoms with E-state index in [4.69, 9.17) is 14.2 Å². The van der Waals surface area contributed by atoms with Crippen LogP contribution in [0.4, 0.5) is 0 Å². The molecule has 0 bridgehead atoms. The average molecular weight is 591 g/mol. The largest absolute Gasteiger partial charge is 0.477 e. The van der Waals surface area contributed by atoms with E-state index in [9.17, 15) is 19.8 Å². The fraction of sp³-hybridized carbons (Fsp3) is 0.588. The van der Waals surface area contributed by atoms with E-state index in [1.165, 1.54) is 0 Å². The third-order valence-corrected chi connectivity index (χ3v) is 5.71. The van der Waals surface area contributed by atoms with Gasteiger partial charge in [0.05, 0.1) is 34.4 Å². The van der Waals surface area contributed by atoms with Gasteiger partial charge in [0.25, 0.3) is 6.29 Å². The minimum atomic E-state index is -1.48. The van der Waals surface area contributed by atoms with Gasteiger partial charge in [-0.2, -0.15) is 0 Å². The molecule has 2 unspecified atom stereocenters. The molecule has 0 aliphatic rings. The van der Waals surface area contributed by atoms with E-state index in [-0.39, 0.29) is 26.2 Å². The van der Waals surface area contributed by atoms with Crippen LogP contribution in [0.5, 0.6) is 0 Å². The Bertz CT molecular complexity index is 866. The molecule has 0 aliphatic carbocycles. The number of likely N-dealkylation sites (N-methyl/N-ethyl adjacent to an activating group) is 1. The zero-order valence-corrected chi connectivity index (χ0v) is 26.4. The molecule has 0 heterocycles. The van der Waals surface area contributed by atoms with Crippen molar-refractivity contribution in [2.45, 2.75) is 83.5 Å². The van der Waals surface area contributed by atoms with Crippen LogP contribution in [0.1, 0.15) is 71.1 Å². The number of rotatable bonds is 26. The summed E-state index contributed by atoms with van der Waals surface area (Å²) in [6.07, 6.45) is 32.1. The molecule has 0 rings (SSSR count). The Morgan fingerprint density at radius 1 is 0.714 bits per heavy atom. The van der Waals surface area contributed by atoms with Crippen molar-refractivity contribution in [3.63, 3.8) is 0 Å². The van der Waals surface area contributed by atoms with Crippen LogP contribution in [0.25, 0.3) is 0 Å². The van der Waals surface area contributed by atoms with E-state index in [0.717, 1.165) is 51.4 Å². The number of hydrogen-bond donors (Lipinski definition) is 2. The molecule has 8 nitrogen and oxygen atoms in total. The Labute approximate surface area is 254 Å². The molecule has 2 atom stereocenters. The van der Waals surface area contributed by atoms with Crippen molar-refractivity contribution in [1.82, 2.24) is 0 Å². The fourth-order valence-corrected chi connectivity index (χ4v) is 3.30. The number of nitrogens with zero attached hydrogens (tertiary/aromatic N) is 1. The molecule has 0 aromatic carbocycles. The molecule has 0 amide bonds. The van der Waals surface area contributed by atoms with Gasteiger partial charge >= 0.3 is 11.9 Å². The van der Waals surface area contributed by atoms with E-state index in [1.54, 1.807) is 0 Å². The second kappa shape index (κ2) is 27.1. The van der Waals surface area contributed by atoms with Crippen molar-refractivity contribution < 1.29 is 38.5 Å². The summed E-state index contributed by atoms with van der Waals surface area (Å²) in [7, 11) is 5.89. The maximum Gasteiger partial charge on any atom is 0.361 e. The van der Waals surface area contributed by atoms with Crippen LogP contribution in [-0.4, -0.2) is 86.5 Å². The maximum absolute atomic E-state index is 11.9. The Hall–Kier alpha value is -2.78. The first-order chi connectivity index (χ1) is 20.2. The number of carbonyl (C=O) groups excluding carboxylic acids is 1. The molecular formula is C34H56NO7+. The highest BCUT2D eigenvalue weighted by Crippen LogP contribution is 2.05. The first-order valence-electron chi connectivity index (χ1n) is 15.2. The minimum absolute atomic E-state index is 0.199. The summed E-state index contributed by atoms with van der Waals surface area (Å²) >= 11 is 0. The molecule has 42 heavy (non-hydrogen) atoms. The summed E-state index contributed by atoms with van der Waals surface area (Å²) in [6, 6.07) is 0. The number of carboxylic acid groups (broad SMARTS) is 1. The SMILES string of the molecule is CC/C=C\C/C=C\C/C=C\C/C=C\C/C=C\C/C=C\CCCCC(=O)OCC(O)COC(OCC[N+](C)(C)C)C(=O)O. The van der Waals surface area contributed by atoms with Gasteiger partial charge in [0.15, 0.2) is 0 Å². The summed E-state index contributed by atoms with van der Waals surface area (Å²) in [5.41, 5.74) is 0. The molecule has 0 saturated heterocycles. The zero-order chi connectivity index (χ0) is 31.3. The lowest BCUT2D eigenvalue weighted by atomic mass is 10.2. The van der Waals surface area contributed by atoms with Crippen LogP contribution in [-0.2, 0) is 23.8 Å². The van der Waals surface area contributed by atoms with Gasteiger partial charge in [-0.1, -0.05) is 79.8 Å². The van der Waals surface area contributed by atoms with Crippen molar-refractivity contribution in [3.8, 4) is 0 Å². The number of carbonyl (C=O) groups is 2. The van der Waals surface area contributed by atoms with Crippen LogP contribution in [0.2, 0.25) is 0 Å². The number of allylic oxidation sites excluding steroid dienone is 12. The quantitative estimate of drug-likeness (QED) is 0.0401. The molecule has 0 spiro atoms. The number of quaternary nitrogens is 1. The average Bonchev–Trinajstić information content (AvgIpc) is 2.93. The number of aliphatic hydroxyl groups is 1. The van der Waals surface area contributed by atoms with Crippen molar-refractivity contribution >= 4 is 11.9 Å². The molecule has 0 aromatic rings. The number of carboxylic acids is 1. The maximum atomic E-state index is 11.9. The lowest BCUT2D eigenvalue weighted by Gasteiger charge is -2.24. The number of hydrogen-bond acceptors (Lipinski definition) is 6. The first kappa shape index (κ1) is 39.2. The van der Waals surface area contributed by atoms with E-state index in [2.05, 4.69) is 79.8 Å². The summed E-state index contributed by atoms with van der Waals surface area (Å²) in [5, 5.41) is 19.1. The topological polar surface area (TPSA) is 102 Å². The van der Waals surface area contributed by atoms with Gasteiger partial charge in [-0.25, -0.2) is 4.79 Å². The van der Waals surface area contributed by atoms with Gasteiger partial charge in [-0.05, 0) is 57.8 Å². The molecule has 0 radical (unpaired) electrons. The summed E-state index contributed by atoms with van der Waals surface area (Å²) < 4.78 is 16.0. The first-order valence-corrected chi connectivity index (χ1v) is 15.2. The van der Waals surface area contributed by atoms with Crippen LogP contribution >= 0.6 is 0 Å². The summed E-state index contributed by atoms with van der Waals surface area (Å²) in [4.78, 5) is 23.1. The van der Waals surface area contributed by atoms with E-state index < -0.39 is 24.3 Å². The number of ether oxygens (including phenoxy) is 3. The second-order valence-corrected chi connectivity index (χ2v) is 10.9. The minimum Gasteiger partial charge on any atom is -0.477 e. The molecule has 0 fully saturated rings. The van der Waals surface area contributed by atoms with Gasteiger partial charge in [0, 0.05) is 6.42 Å². The van der Waals surface area contributed by atoms with Crippen LogP contribution in [0.15, 0.2) is 72.9 Å². The lowest BCUT2D eigenvalue weighted by molar-refractivity contribution is -0.870. The summed E-state index contributed by atoms with van der Waals surface area (Å²) in [5.74, 6) is -1.67. The number of unbranched alkanes of at least 4 members (excludes halogenated alkanes) is 2. The van der Waals surface area contributed by atoms with Gasteiger partial charge in [-0.3, -0.25) is 4.79 Å². The van der Waals surface area contributed by atoms with E-state index in [1.807, 2.05) is 21.1 Å². The van der Waals surface area contributed by atoms with Gasteiger partial charge in [0.1, 0.15) is 19.3 Å².